The zero-order valence-corrected chi connectivity index (χ0v) is 11.9. The lowest BCUT2D eigenvalue weighted by molar-refractivity contribution is 0.266. The molecule has 0 spiro atoms. The summed E-state index contributed by atoms with van der Waals surface area (Å²) in [4.78, 5) is 0. The predicted molar refractivity (Wildman–Crippen MR) is 74.6 cm³/mol. The maximum atomic E-state index is 5.73. The van der Waals surface area contributed by atoms with Crippen molar-refractivity contribution in [3.05, 3.63) is 52.4 Å². The van der Waals surface area contributed by atoms with E-state index < -0.39 is 0 Å². The summed E-state index contributed by atoms with van der Waals surface area (Å²) >= 11 is 3.45. The van der Waals surface area contributed by atoms with Crippen LogP contribution in [0.3, 0.4) is 0 Å². The molecule has 0 atom stereocenters. The van der Waals surface area contributed by atoms with Gasteiger partial charge in [-0.25, -0.2) is 0 Å². The van der Waals surface area contributed by atoms with Gasteiger partial charge in [-0.3, -0.25) is 0 Å². The number of benzene rings is 1. The number of hydrogen-bond donors (Lipinski definition) is 1. The molecule has 0 saturated carbocycles. The van der Waals surface area contributed by atoms with E-state index in [0.717, 1.165) is 34.6 Å². The van der Waals surface area contributed by atoms with Crippen molar-refractivity contribution in [1.29, 1.82) is 0 Å². The van der Waals surface area contributed by atoms with Gasteiger partial charge in [0.05, 0.1) is 10.7 Å². The Morgan fingerprint density at radius 3 is 2.89 bits per heavy atom. The number of rotatable bonds is 6. The molecule has 0 unspecified atom stereocenters. The highest BCUT2D eigenvalue weighted by Crippen LogP contribution is 2.25. The van der Waals surface area contributed by atoms with Gasteiger partial charge in [0.15, 0.2) is 0 Å². The molecule has 1 aromatic carbocycles. The fraction of sp³-hybridized carbons (Fsp3) is 0.286. The standard InChI is InChI=1S/C14H16BrNO2/c1-2-16-9-11-7-8-17-14(11)10-18-13-6-4-3-5-12(13)15/h3-8,16H,2,9-10H2,1H3. The minimum absolute atomic E-state index is 0.441. The lowest BCUT2D eigenvalue weighted by Gasteiger charge is -2.08. The quantitative estimate of drug-likeness (QED) is 0.883. The van der Waals surface area contributed by atoms with Gasteiger partial charge in [0.2, 0.25) is 0 Å². The third-order valence-electron chi connectivity index (χ3n) is 2.60. The SMILES string of the molecule is CCNCc1ccoc1COc1ccccc1Br. The van der Waals surface area contributed by atoms with E-state index in [2.05, 4.69) is 28.2 Å². The van der Waals surface area contributed by atoms with Gasteiger partial charge in [-0.2, -0.15) is 0 Å². The van der Waals surface area contributed by atoms with Crippen molar-refractivity contribution >= 4 is 15.9 Å². The van der Waals surface area contributed by atoms with E-state index in [1.54, 1.807) is 6.26 Å². The number of hydrogen-bond acceptors (Lipinski definition) is 3. The van der Waals surface area contributed by atoms with Crippen LogP contribution in [-0.4, -0.2) is 6.54 Å². The van der Waals surface area contributed by atoms with Crippen LogP contribution in [-0.2, 0) is 13.2 Å². The van der Waals surface area contributed by atoms with Gasteiger partial charge in [-0.05, 0) is 40.7 Å². The smallest absolute Gasteiger partial charge is 0.146 e. The summed E-state index contributed by atoms with van der Waals surface area (Å²) < 4.78 is 12.1. The molecule has 3 nitrogen and oxygen atoms in total. The minimum atomic E-state index is 0.441. The summed E-state index contributed by atoms with van der Waals surface area (Å²) in [5.41, 5.74) is 1.14. The highest BCUT2D eigenvalue weighted by atomic mass is 79.9. The average Bonchev–Trinajstić information content (AvgIpc) is 2.83. The molecule has 1 heterocycles. The second-order valence-corrected chi connectivity index (χ2v) is 4.72. The lowest BCUT2D eigenvalue weighted by Crippen LogP contribution is -2.12. The molecule has 1 aromatic heterocycles. The minimum Gasteiger partial charge on any atom is -0.484 e. The Labute approximate surface area is 115 Å². The van der Waals surface area contributed by atoms with E-state index in [4.69, 9.17) is 9.15 Å². The number of furan rings is 1. The zero-order valence-electron chi connectivity index (χ0n) is 10.3. The zero-order chi connectivity index (χ0) is 12.8. The first kappa shape index (κ1) is 13.2. The molecule has 0 aliphatic rings. The molecule has 96 valence electrons. The van der Waals surface area contributed by atoms with E-state index in [1.807, 2.05) is 30.3 Å². The van der Waals surface area contributed by atoms with E-state index in [9.17, 15) is 0 Å². The van der Waals surface area contributed by atoms with E-state index in [1.165, 1.54) is 0 Å². The molecule has 2 rings (SSSR count). The van der Waals surface area contributed by atoms with Gasteiger partial charge in [0.1, 0.15) is 18.1 Å². The highest BCUT2D eigenvalue weighted by Gasteiger charge is 2.07. The first-order valence-electron chi connectivity index (χ1n) is 5.94. The first-order chi connectivity index (χ1) is 8.81. The van der Waals surface area contributed by atoms with E-state index in [0.29, 0.717) is 6.61 Å². The van der Waals surface area contributed by atoms with Gasteiger partial charge in [0, 0.05) is 12.1 Å². The van der Waals surface area contributed by atoms with Gasteiger partial charge in [-0.15, -0.1) is 0 Å². The van der Waals surface area contributed by atoms with Gasteiger partial charge >= 0.3 is 0 Å². The molecule has 0 aliphatic carbocycles. The third kappa shape index (κ3) is 3.37. The summed E-state index contributed by atoms with van der Waals surface area (Å²) in [6, 6.07) is 9.76. The van der Waals surface area contributed by atoms with Crippen LogP contribution in [0.1, 0.15) is 18.2 Å². The van der Waals surface area contributed by atoms with Crippen molar-refractivity contribution in [2.75, 3.05) is 6.54 Å². The topological polar surface area (TPSA) is 34.4 Å². The van der Waals surface area contributed by atoms with E-state index in [-0.39, 0.29) is 0 Å². The molecule has 0 aliphatic heterocycles. The second-order valence-electron chi connectivity index (χ2n) is 3.87. The lowest BCUT2D eigenvalue weighted by atomic mass is 10.2. The molecular weight excluding hydrogens is 294 g/mol. The molecule has 18 heavy (non-hydrogen) atoms. The second kappa shape index (κ2) is 6.61. The van der Waals surface area contributed by atoms with Crippen LogP contribution in [0.25, 0.3) is 0 Å². The van der Waals surface area contributed by atoms with Crippen LogP contribution in [0.2, 0.25) is 0 Å². The van der Waals surface area contributed by atoms with Crippen molar-refractivity contribution in [3.8, 4) is 5.75 Å². The third-order valence-corrected chi connectivity index (χ3v) is 3.25. The van der Waals surface area contributed by atoms with Gasteiger partial charge < -0.3 is 14.5 Å². The van der Waals surface area contributed by atoms with Crippen LogP contribution < -0.4 is 10.1 Å². The van der Waals surface area contributed by atoms with Gasteiger partial charge in [-0.1, -0.05) is 19.1 Å². The Morgan fingerprint density at radius 1 is 1.28 bits per heavy atom. The predicted octanol–water partition coefficient (Wildman–Crippen LogP) is 3.73. The van der Waals surface area contributed by atoms with Crippen molar-refractivity contribution < 1.29 is 9.15 Å². The molecular formula is C14H16BrNO2. The number of halogens is 1. The normalized spacial score (nSPS) is 10.6. The fourth-order valence-electron chi connectivity index (χ4n) is 1.62. The van der Waals surface area contributed by atoms with Crippen LogP contribution in [0.15, 0.2) is 45.5 Å². The van der Waals surface area contributed by atoms with Crippen molar-refractivity contribution in [1.82, 2.24) is 5.32 Å². The van der Waals surface area contributed by atoms with Crippen molar-refractivity contribution in [2.45, 2.75) is 20.1 Å². The average molecular weight is 310 g/mol. The monoisotopic (exact) mass is 309 g/mol. The molecule has 0 fully saturated rings. The molecule has 0 bridgehead atoms. The molecule has 0 radical (unpaired) electrons. The summed E-state index contributed by atoms with van der Waals surface area (Å²) in [6.07, 6.45) is 1.70. The van der Waals surface area contributed by atoms with Crippen LogP contribution in [0.4, 0.5) is 0 Å². The molecule has 0 saturated heterocycles. The molecule has 2 aromatic rings. The number of para-hydroxylation sites is 1. The van der Waals surface area contributed by atoms with E-state index >= 15 is 0 Å². The van der Waals surface area contributed by atoms with Crippen LogP contribution in [0.5, 0.6) is 5.75 Å². The largest absolute Gasteiger partial charge is 0.484 e. The molecule has 0 amide bonds. The summed E-state index contributed by atoms with van der Waals surface area (Å²) in [7, 11) is 0. The fourth-order valence-corrected chi connectivity index (χ4v) is 2.02. The number of nitrogens with one attached hydrogen (secondary N) is 1. The Bertz CT molecular complexity index is 496. The van der Waals surface area contributed by atoms with Gasteiger partial charge in [0.25, 0.3) is 0 Å². The Kier molecular flexibility index (Phi) is 4.84. The molecule has 4 heteroatoms. The summed E-state index contributed by atoms with van der Waals surface area (Å²) in [5.74, 6) is 1.69. The number of ether oxygens (including phenoxy) is 1. The molecule has 1 N–H and O–H groups in total. The summed E-state index contributed by atoms with van der Waals surface area (Å²) in [5, 5.41) is 3.28. The summed E-state index contributed by atoms with van der Waals surface area (Å²) in [6.45, 7) is 4.27. The van der Waals surface area contributed by atoms with Crippen LogP contribution >= 0.6 is 15.9 Å². The maximum absolute atomic E-state index is 5.73. The Morgan fingerprint density at radius 2 is 2.11 bits per heavy atom. The highest BCUT2D eigenvalue weighted by molar-refractivity contribution is 9.10. The maximum Gasteiger partial charge on any atom is 0.146 e. The van der Waals surface area contributed by atoms with Crippen molar-refractivity contribution in [3.63, 3.8) is 0 Å². The Balaban J connectivity index is 1.98. The van der Waals surface area contributed by atoms with Crippen molar-refractivity contribution in [2.24, 2.45) is 0 Å². The Hall–Kier alpha value is -1.26. The van der Waals surface area contributed by atoms with Crippen LogP contribution in [0, 0.1) is 0 Å². The first-order valence-corrected chi connectivity index (χ1v) is 6.74.